The molecule has 0 unspecified atom stereocenters. The standard InChI is InChI=1S/C8H6O4.C8H10/c9-7(10)5-1-2-6(4-3-5)8(11)12;1-7-5-3-4-6-8(7)2/h1-4H,(H,9,10)(H,11,12);3-6H,1-2H3. The van der Waals surface area contributed by atoms with Gasteiger partial charge in [0.25, 0.3) is 0 Å². The summed E-state index contributed by atoms with van der Waals surface area (Å²) in [5, 5.41) is 16.9. The van der Waals surface area contributed by atoms with Gasteiger partial charge in [-0.15, -0.1) is 0 Å². The molecule has 2 N–H and O–H groups in total. The molecule has 0 atom stereocenters. The number of carbonyl (C=O) groups is 2. The van der Waals surface area contributed by atoms with E-state index in [4.69, 9.17) is 10.2 Å². The largest absolute Gasteiger partial charge is 0.478 e. The second-order valence-corrected chi connectivity index (χ2v) is 4.27. The first kappa shape index (κ1) is 15.4. The number of benzene rings is 2. The molecule has 104 valence electrons. The Morgan fingerprint density at radius 3 is 1.20 bits per heavy atom. The van der Waals surface area contributed by atoms with E-state index in [9.17, 15) is 9.59 Å². The fourth-order valence-electron chi connectivity index (χ4n) is 1.42. The molecule has 0 aliphatic heterocycles. The van der Waals surface area contributed by atoms with Crippen LogP contribution in [-0.4, -0.2) is 22.2 Å². The van der Waals surface area contributed by atoms with Crippen LogP contribution in [0.1, 0.15) is 31.8 Å². The molecule has 0 spiro atoms. The first-order valence-corrected chi connectivity index (χ1v) is 6.00. The van der Waals surface area contributed by atoms with Gasteiger partial charge in [0.15, 0.2) is 0 Å². The lowest BCUT2D eigenvalue weighted by atomic mass is 10.1. The van der Waals surface area contributed by atoms with Crippen molar-refractivity contribution in [2.45, 2.75) is 13.8 Å². The summed E-state index contributed by atoms with van der Waals surface area (Å²) in [7, 11) is 0. The van der Waals surface area contributed by atoms with Crippen molar-refractivity contribution in [2.24, 2.45) is 0 Å². The smallest absolute Gasteiger partial charge is 0.335 e. The highest BCUT2D eigenvalue weighted by molar-refractivity contribution is 5.91. The first-order valence-electron chi connectivity index (χ1n) is 6.00. The van der Waals surface area contributed by atoms with Crippen LogP contribution in [0.15, 0.2) is 48.5 Å². The molecule has 0 bridgehead atoms. The van der Waals surface area contributed by atoms with E-state index in [1.54, 1.807) is 0 Å². The zero-order valence-electron chi connectivity index (χ0n) is 11.3. The Morgan fingerprint density at radius 1 is 0.700 bits per heavy atom. The lowest BCUT2D eigenvalue weighted by Gasteiger charge is -1.94. The van der Waals surface area contributed by atoms with E-state index in [1.807, 2.05) is 0 Å². The number of hydrogen-bond acceptors (Lipinski definition) is 2. The summed E-state index contributed by atoms with van der Waals surface area (Å²) in [4.78, 5) is 20.7. The van der Waals surface area contributed by atoms with Crippen LogP contribution in [0.3, 0.4) is 0 Å². The van der Waals surface area contributed by atoms with E-state index >= 15 is 0 Å². The van der Waals surface area contributed by atoms with Gasteiger partial charge in [-0.2, -0.15) is 0 Å². The summed E-state index contributed by atoms with van der Waals surface area (Å²) in [6, 6.07) is 13.4. The van der Waals surface area contributed by atoms with Crippen LogP contribution in [0.5, 0.6) is 0 Å². The van der Waals surface area contributed by atoms with Crippen molar-refractivity contribution in [1.82, 2.24) is 0 Å². The summed E-state index contributed by atoms with van der Waals surface area (Å²) < 4.78 is 0. The number of hydrogen-bond donors (Lipinski definition) is 2. The summed E-state index contributed by atoms with van der Waals surface area (Å²) in [5.41, 5.74) is 2.90. The van der Waals surface area contributed by atoms with Gasteiger partial charge in [0, 0.05) is 0 Å². The molecule has 2 aromatic carbocycles. The Kier molecular flexibility index (Phi) is 5.47. The van der Waals surface area contributed by atoms with E-state index in [0.29, 0.717) is 0 Å². The number of rotatable bonds is 2. The second kappa shape index (κ2) is 7.09. The normalized spacial score (nSPS) is 9.30. The number of carboxylic acid groups (broad SMARTS) is 2. The zero-order chi connectivity index (χ0) is 15.1. The minimum atomic E-state index is -1.06. The predicted molar refractivity (Wildman–Crippen MR) is 76.3 cm³/mol. The van der Waals surface area contributed by atoms with Gasteiger partial charge in [-0.3, -0.25) is 0 Å². The Balaban J connectivity index is 0.000000217. The summed E-state index contributed by atoms with van der Waals surface area (Å²) >= 11 is 0. The van der Waals surface area contributed by atoms with Crippen molar-refractivity contribution in [3.05, 3.63) is 70.8 Å². The summed E-state index contributed by atoms with van der Waals surface area (Å²) in [6.07, 6.45) is 0. The maximum Gasteiger partial charge on any atom is 0.335 e. The van der Waals surface area contributed by atoms with Gasteiger partial charge in [-0.1, -0.05) is 24.3 Å². The van der Waals surface area contributed by atoms with Gasteiger partial charge < -0.3 is 10.2 Å². The molecule has 0 aromatic heterocycles. The Bertz CT molecular complexity index is 546. The van der Waals surface area contributed by atoms with Gasteiger partial charge in [0.2, 0.25) is 0 Å². The molecule has 4 nitrogen and oxygen atoms in total. The van der Waals surface area contributed by atoms with Crippen LogP contribution < -0.4 is 0 Å². The van der Waals surface area contributed by atoms with E-state index in [1.165, 1.54) is 35.4 Å². The molecular weight excluding hydrogens is 256 g/mol. The molecular formula is C16H16O4. The van der Waals surface area contributed by atoms with Crippen LogP contribution in [0.4, 0.5) is 0 Å². The molecule has 2 rings (SSSR count). The van der Waals surface area contributed by atoms with Crippen molar-refractivity contribution in [3.8, 4) is 0 Å². The van der Waals surface area contributed by atoms with Crippen molar-refractivity contribution in [2.75, 3.05) is 0 Å². The molecule has 0 amide bonds. The van der Waals surface area contributed by atoms with Crippen LogP contribution in [-0.2, 0) is 0 Å². The molecule has 0 radical (unpaired) electrons. The third-order valence-electron chi connectivity index (χ3n) is 2.80. The second-order valence-electron chi connectivity index (χ2n) is 4.27. The fourth-order valence-corrected chi connectivity index (χ4v) is 1.42. The van der Waals surface area contributed by atoms with Crippen molar-refractivity contribution in [3.63, 3.8) is 0 Å². The topological polar surface area (TPSA) is 74.6 Å². The molecule has 0 saturated heterocycles. The molecule has 20 heavy (non-hydrogen) atoms. The molecule has 0 aliphatic carbocycles. The molecule has 4 heteroatoms. The van der Waals surface area contributed by atoms with Crippen LogP contribution in [0, 0.1) is 13.8 Å². The lowest BCUT2D eigenvalue weighted by Crippen LogP contribution is -1.99. The van der Waals surface area contributed by atoms with E-state index in [-0.39, 0.29) is 11.1 Å². The van der Waals surface area contributed by atoms with E-state index in [0.717, 1.165) is 0 Å². The van der Waals surface area contributed by atoms with Crippen molar-refractivity contribution in [1.29, 1.82) is 0 Å². The molecule has 0 saturated carbocycles. The first-order chi connectivity index (χ1) is 9.41. The van der Waals surface area contributed by atoms with Crippen molar-refractivity contribution >= 4 is 11.9 Å². The zero-order valence-corrected chi connectivity index (χ0v) is 11.3. The maximum absolute atomic E-state index is 10.3. The van der Waals surface area contributed by atoms with Crippen molar-refractivity contribution < 1.29 is 19.8 Å². The van der Waals surface area contributed by atoms with Crippen LogP contribution in [0.25, 0.3) is 0 Å². The highest BCUT2D eigenvalue weighted by Gasteiger charge is 2.04. The van der Waals surface area contributed by atoms with E-state index in [2.05, 4.69) is 38.1 Å². The molecule has 2 aromatic rings. The van der Waals surface area contributed by atoms with Gasteiger partial charge in [-0.25, -0.2) is 9.59 Å². The summed E-state index contributed by atoms with van der Waals surface area (Å²) in [6.45, 7) is 4.24. The van der Waals surface area contributed by atoms with Gasteiger partial charge in [-0.05, 0) is 49.2 Å². The molecule has 0 fully saturated rings. The maximum atomic E-state index is 10.3. The SMILES string of the molecule is Cc1ccccc1C.O=C(O)c1ccc(C(=O)O)cc1. The lowest BCUT2D eigenvalue weighted by molar-refractivity contribution is 0.0681. The Labute approximate surface area is 117 Å². The molecule has 0 heterocycles. The van der Waals surface area contributed by atoms with Gasteiger partial charge >= 0.3 is 11.9 Å². The monoisotopic (exact) mass is 272 g/mol. The third kappa shape index (κ3) is 4.57. The van der Waals surface area contributed by atoms with Crippen LogP contribution >= 0.6 is 0 Å². The average Bonchev–Trinajstić information content (AvgIpc) is 2.43. The van der Waals surface area contributed by atoms with Crippen LogP contribution in [0.2, 0.25) is 0 Å². The number of aromatic carboxylic acids is 2. The van der Waals surface area contributed by atoms with Gasteiger partial charge in [0.05, 0.1) is 11.1 Å². The number of aryl methyl sites for hydroxylation is 2. The third-order valence-corrected chi connectivity index (χ3v) is 2.80. The minimum absolute atomic E-state index is 0.0833. The predicted octanol–water partition coefficient (Wildman–Crippen LogP) is 3.39. The molecule has 0 aliphatic rings. The number of carboxylic acids is 2. The van der Waals surface area contributed by atoms with E-state index < -0.39 is 11.9 Å². The Hall–Kier alpha value is -2.62. The fraction of sp³-hybridized carbons (Fsp3) is 0.125. The summed E-state index contributed by atoms with van der Waals surface area (Å²) in [5.74, 6) is -2.13. The average molecular weight is 272 g/mol. The Morgan fingerprint density at radius 2 is 1.00 bits per heavy atom. The quantitative estimate of drug-likeness (QED) is 0.878. The highest BCUT2D eigenvalue weighted by Crippen LogP contribution is 2.04. The highest BCUT2D eigenvalue weighted by atomic mass is 16.4. The van der Waals surface area contributed by atoms with Gasteiger partial charge in [0.1, 0.15) is 0 Å². The minimum Gasteiger partial charge on any atom is -0.478 e.